The van der Waals surface area contributed by atoms with E-state index < -0.39 is 4.92 Å². The van der Waals surface area contributed by atoms with Gasteiger partial charge in [-0.25, -0.2) is 0 Å². The molecular formula is C11H13Cl2N3O2. The zero-order valence-electron chi connectivity index (χ0n) is 9.58. The Morgan fingerprint density at radius 2 is 2.17 bits per heavy atom. The molecule has 1 heterocycles. The Labute approximate surface area is 115 Å². The largest absolute Gasteiger partial charge is 0.379 e. The van der Waals surface area contributed by atoms with E-state index in [1.807, 2.05) is 0 Å². The molecule has 1 atom stereocenters. The van der Waals surface area contributed by atoms with Crippen molar-refractivity contribution in [2.45, 2.75) is 6.42 Å². The second-order valence-corrected chi connectivity index (χ2v) is 5.09. The smallest absolute Gasteiger partial charge is 0.293 e. The average molecular weight is 290 g/mol. The zero-order chi connectivity index (χ0) is 13.1. The van der Waals surface area contributed by atoms with Crippen LogP contribution in [0, 0.1) is 16.0 Å². The van der Waals surface area contributed by atoms with Gasteiger partial charge in [-0.1, -0.05) is 23.2 Å². The molecule has 18 heavy (non-hydrogen) atoms. The summed E-state index contributed by atoms with van der Waals surface area (Å²) in [4.78, 5) is 10.5. The van der Waals surface area contributed by atoms with Gasteiger partial charge in [0.1, 0.15) is 5.69 Å². The third-order valence-corrected chi connectivity index (χ3v) is 3.70. The van der Waals surface area contributed by atoms with Crippen molar-refractivity contribution in [3.8, 4) is 0 Å². The van der Waals surface area contributed by atoms with E-state index >= 15 is 0 Å². The maximum absolute atomic E-state index is 10.9. The molecule has 5 nitrogen and oxygen atoms in total. The van der Waals surface area contributed by atoms with Gasteiger partial charge in [0.2, 0.25) is 0 Å². The number of nitro groups is 1. The van der Waals surface area contributed by atoms with E-state index in [9.17, 15) is 10.1 Å². The van der Waals surface area contributed by atoms with E-state index in [2.05, 4.69) is 10.6 Å². The minimum absolute atomic E-state index is 0.0460. The lowest BCUT2D eigenvalue weighted by atomic mass is 10.1. The SMILES string of the molecule is O=[N+]([O-])c1cc(Cl)c(Cl)cc1NCC1CCNC1. The third kappa shape index (κ3) is 3.04. The Morgan fingerprint density at radius 3 is 2.78 bits per heavy atom. The van der Waals surface area contributed by atoms with E-state index in [0.717, 1.165) is 19.5 Å². The Bertz CT molecular complexity index is 462. The highest BCUT2D eigenvalue weighted by Crippen LogP contribution is 2.34. The van der Waals surface area contributed by atoms with Gasteiger partial charge in [-0.2, -0.15) is 0 Å². The van der Waals surface area contributed by atoms with E-state index in [-0.39, 0.29) is 10.7 Å². The lowest BCUT2D eigenvalue weighted by molar-refractivity contribution is -0.383. The van der Waals surface area contributed by atoms with Crippen LogP contribution in [0.15, 0.2) is 12.1 Å². The Balaban J connectivity index is 2.14. The molecule has 0 amide bonds. The molecule has 2 rings (SSSR count). The summed E-state index contributed by atoms with van der Waals surface area (Å²) in [5.41, 5.74) is 0.372. The van der Waals surface area contributed by atoms with Crippen LogP contribution in [0.1, 0.15) is 6.42 Å². The molecule has 98 valence electrons. The number of anilines is 1. The summed E-state index contributed by atoms with van der Waals surface area (Å²) in [6, 6.07) is 2.78. The summed E-state index contributed by atoms with van der Waals surface area (Å²) >= 11 is 11.7. The molecule has 2 N–H and O–H groups in total. The van der Waals surface area contributed by atoms with Crippen LogP contribution < -0.4 is 10.6 Å². The zero-order valence-corrected chi connectivity index (χ0v) is 11.1. The Hall–Kier alpha value is -1.04. The topological polar surface area (TPSA) is 67.2 Å². The van der Waals surface area contributed by atoms with Crippen LogP contribution in [0.5, 0.6) is 0 Å². The van der Waals surface area contributed by atoms with Gasteiger partial charge in [0.25, 0.3) is 5.69 Å². The van der Waals surface area contributed by atoms with Crippen molar-refractivity contribution in [3.63, 3.8) is 0 Å². The fourth-order valence-electron chi connectivity index (χ4n) is 1.97. The van der Waals surface area contributed by atoms with Crippen molar-refractivity contribution < 1.29 is 4.92 Å². The number of benzene rings is 1. The lowest BCUT2D eigenvalue weighted by Gasteiger charge is -2.12. The minimum Gasteiger partial charge on any atom is -0.379 e. The summed E-state index contributed by atoms with van der Waals surface area (Å²) in [5.74, 6) is 0.485. The first-order chi connectivity index (χ1) is 8.58. The molecular weight excluding hydrogens is 277 g/mol. The summed E-state index contributed by atoms with van der Waals surface area (Å²) in [6.45, 7) is 2.61. The van der Waals surface area contributed by atoms with Crippen LogP contribution in [0.2, 0.25) is 10.0 Å². The van der Waals surface area contributed by atoms with Gasteiger partial charge in [0, 0.05) is 12.6 Å². The van der Waals surface area contributed by atoms with Crippen molar-refractivity contribution in [1.29, 1.82) is 0 Å². The summed E-state index contributed by atoms with van der Waals surface area (Å²) in [6.07, 6.45) is 1.07. The first kappa shape index (κ1) is 13.4. The third-order valence-electron chi connectivity index (χ3n) is 2.98. The van der Waals surface area contributed by atoms with Gasteiger partial charge in [-0.3, -0.25) is 10.1 Å². The van der Waals surface area contributed by atoms with Gasteiger partial charge < -0.3 is 10.6 Å². The molecule has 1 saturated heterocycles. The van der Waals surface area contributed by atoms with E-state index in [1.165, 1.54) is 12.1 Å². The molecule has 1 aliphatic rings. The molecule has 0 spiro atoms. The van der Waals surface area contributed by atoms with E-state index in [4.69, 9.17) is 23.2 Å². The minimum atomic E-state index is -0.461. The monoisotopic (exact) mass is 289 g/mol. The maximum atomic E-state index is 10.9. The quantitative estimate of drug-likeness (QED) is 0.661. The molecule has 0 saturated carbocycles. The van der Waals surface area contributed by atoms with Crippen LogP contribution in [-0.4, -0.2) is 24.6 Å². The number of nitrogens with one attached hydrogen (secondary N) is 2. The molecule has 0 bridgehead atoms. The summed E-state index contributed by atoms with van der Waals surface area (Å²) in [7, 11) is 0. The first-order valence-corrected chi connectivity index (χ1v) is 6.41. The molecule has 0 aromatic heterocycles. The second kappa shape index (κ2) is 5.73. The molecule has 0 radical (unpaired) electrons. The van der Waals surface area contributed by atoms with Gasteiger partial charge in [-0.05, 0) is 31.5 Å². The molecule has 1 aromatic rings. The predicted octanol–water partition coefficient (Wildman–Crippen LogP) is 2.92. The van der Waals surface area contributed by atoms with Gasteiger partial charge >= 0.3 is 0 Å². The average Bonchev–Trinajstić information content (AvgIpc) is 2.83. The number of hydrogen-bond donors (Lipinski definition) is 2. The molecule has 7 heteroatoms. The fourth-order valence-corrected chi connectivity index (χ4v) is 2.29. The normalized spacial score (nSPS) is 18.9. The number of nitro benzene ring substituents is 1. The van der Waals surface area contributed by atoms with Crippen LogP contribution in [-0.2, 0) is 0 Å². The Kier molecular flexibility index (Phi) is 4.27. The molecule has 1 unspecified atom stereocenters. The van der Waals surface area contributed by atoms with E-state index in [0.29, 0.717) is 23.2 Å². The molecule has 1 aromatic carbocycles. The van der Waals surface area contributed by atoms with Gasteiger partial charge in [0.05, 0.1) is 15.0 Å². The number of halogens is 2. The highest BCUT2D eigenvalue weighted by atomic mass is 35.5. The number of nitrogens with zero attached hydrogens (tertiary/aromatic N) is 1. The van der Waals surface area contributed by atoms with Crippen molar-refractivity contribution in [3.05, 3.63) is 32.3 Å². The fraction of sp³-hybridized carbons (Fsp3) is 0.455. The predicted molar refractivity (Wildman–Crippen MR) is 72.6 cm³/mol. The number of hydrogen-bond acceptors (Lipinski definition) is 4. The van der Waals surface area contributed by atoms with Crippen molar-refractivity contribution >= 4 is 34.6 Å². The summed E-state index contributed by atoms with van der Waals surface area (Å²) in [5, 5.41) is 17.8. The molecule has 1 fully saturated rings. The van der Waals surface area contributed by atoms with Crippen LogP contribution in [0.4, 0.5) is 11.4 Å². The Morgan fingerprint density at radius 1 is 1.44 bits per heavy atom. The van der Waals surface area contributed by atoms with Crippen molar-refractivity contribution in [2.75, 3.05) is 25.0 Å². The van der Waals surface area contributed by atoms with Crippen LogP contribution in [0.3, 0.4) is 0 Å². The molecule has 0 aliphatic carbocycles. The first-order valence-electron chi connectivity index (χ1n) is 5.66. The number of rotatable bonds is 4. The lowest BCUT2D eigenvalue weighted by Crippen LogP contribution is -2.17. The van der Waals surface area contributed by atoms with Gasteiger partial charge in [0.15, 0.2) is 0 Å². The highest BCUT2D eigenvalue weighted by molar-refractivity contribution is 6.42. The van der Waals surface area contributed by atoms with E-state index in [1.54, 1.807) is 0 Å². The second-order valence-electron chi connectivity index (χ2n) is 4.28. The molecule has 1 aliphatic heterocycles. The van der Waals surface area contributed by atoms with Crippen molar-refractivity contribution in [1.82, 2.24) is 5.32 Å². The summed E-state index contributed by atoms with van der Waals surface area (Å²) < 4.78 is 0. The highest BCUT2D eigenvalue weighted by Gasteiger charge is 2.19. The van der Waals surface area contributed by atoms with Gasteiger partial charge in [-0.15, -0.1) is 0 Å². The van der Waals surface area contributed by atoms with Crippen LogP contribution >= 0.6 is 23.2 Å². The standard InChI is InChI=1S/C11H13Cl2N3O2/c12-8-3-10(11(16(17)18)4-9(8)13)15-6-7-1-2-14-5-7/h3-4,7,14-15H,1-2,5-6H2. The van der Waals surface area contributed by atoms with Crippen LogP contribution in [0.25, 0.3) is 0 Å². The maximum Gasteiger partial charge on any atom is 0.293 e. The van der Waals surface area contributed by atoms with Crippen molar-refractivity contribution in [2.24, 2.45) is 5.92 Å².